The van der Waals surface area contributed by atoms with Crippen LogP contribution in [0.1, 0.15) is 11.1 Å². The predicted molar refractivity (Wildman–Crippen MR) is 152 cm³/mol. The summed E-state index contributed by atoms with van der Waals surface area (Å²) in [6.45, 7) is 0.649. The van der Waals surface area contributed by atoms with Crippen molar-refractivity contribution in [2.75, 3.05) is 18.8 Å². The molecule has 2 aromatic carbocycles. The molecule has 0 atom stereocenters. The van der Waals surface area contributed by atoms with Gasteiger partial charge in [-0.1, -0.05) is 48.2 Å². The summed E-state index contributed by atoms with van der Waals surface area (Å²) >= 11 is 2.08. The summed E-state index contributed by atoms with van der Waals surface area (Å²) in [4.78, 5) is 43.1. The van der Waals surface area contributed by atoms with Gasteiger partial charge < -0.3 is 5.32 Å². The Kier molecular flexibility index (Phi) is 8.67. The van der Waals surface area contributed by atoms with Crippen LogP contribution in [0.15, 0.2) is 89.2 Å². The zero-order chi connectivity index (χ0) is 27.9. The van der Waals surface area contributed by atoms with E-state index in [0.29, 0.717) is 28.0 Å². The van der Waals surface area contributed by atoms with Crippen molar-refractivity contribution in [2.24, 2.45) is 0 Å². The van der Waals surface area contributed by atoms with Crippen LogP contribution in [0.3, 0.4) is 0 Å². The van der Waals surface area contributed by atoms with E-state index in [2.05, 4.69) is 20.5 Å². The number of amides is 3. The summed E-state index contributed by atoms with van der Waals surface area (Å²) < 4.78 is 15.4. The summed E-state index contributed by atoms with van der Waals surface area (Å²) in [6, 6.07) is 19.3. The van der Waals surface area contributed by atoms with E-state index < -0.39 is 5.91 Å². The smallest absolute Gasteiger partial charge is 0.293 e. The lowest BCUT2D eigenvalue weighted by atomic mass is 10.2. The monoisotopic (exact) mass is 574 g/mol. The molecule has 3 amide bonds. The van der Waals surface area contributed by atoms with E-state index in [4.69, 9.17) is 0 Å². The molecular formula is C28H23FN6O3S2. The minimum atomic E-state index is -0.398. The second kappa shape index (κ2) is 12.7. The quantitative estimate of drug-likeness (QED) is 0.218. The van der Waals surface area contributed by atoms with Gasteiger partial charge in [-0.25, -0.2) is 4.39 Å². The van der Waals surface area contributed by atoms with E-state index in [1.165, 1.54) is 23.9 Å². The number of carbonyl (C=O) groups is 3. The molecule has 1 aliphatic rings. The molecule has 0 spiro atoms. The molecule has 0 aliphatic carbocycles. The highest BCUT2D eigenvalue weighted by Crippen LogP contribution is 2.31. The molecule has 2 aromatic heterocycles. The standard InChI is InChI=1S/C28H23FN6O3S2/c29-22-10-8-21(9-11-22)25-32-33-27(35(25)17-19-5-2-1-3-6-19)39-18-24(36)31-13-14-34-26(37)23(40-28(34)38)15-20-7-4-12-30-16-20/h1-12,15-16H,13-14,17-18H2,(H,31,36)/b23-15+. The molecule has 0 radical (unpaired) electrons. The van der Waals surface area contributed by atoms with Crippen molar-refractivity contribution < 1.29 is 18.8 Å². The normalized spacial score (nSPS) is 14.2. The Bertz CT molecular complexity index is 1550. The molecule has 0 unspecified atom stereocenters. The summed E-state index contributed by atoms with van der Waals surface area (Å²) in [7, 11) is 0. The second-order valence-corrected chi connectivity index (χ2v) is 10.6. The maximum atomic E-state index is 13.5. The average Bonchev–Trinajstić information content (AvgIpc) is 3.48. The fourth-order valence-corrected chi connectivity index (χ4v) is 5.54. The van der Waals surface area contributed by atoms with Gasteiger partial charge in [0.2, 0.25) is 5.91 Å². The fraction of sp³-hybridized carbons (Fsp3) is 0.143. The average molecular weight is 575 g/mol. The Morgan fingerprint density at radius 3 is 2.58 bits per heavy atom. The van der Waals surface area contributed by atoms with Crippen LogP contribution in [0, 0.1) is 5.82 Å². The van der Waals surface area contributed by atoms with Crippen molar-refractivity contribution in [3.8, 4) is 11.4 Å². The largest absolute Gasteiger partial charge is 0.354 e. The van der Waals surface area contributed by atoms with Crippen LogP contribution in [0.5, 0.6) is 0 Å². The van der Waals surface area contributed by atoms with Crippen LogP contribution in [-0.2, 0) is 16.1 Å². The Balaban J connectivity index is 1.19. The van der Waals surface area contributed by atoms with E-state index >= 15 is 0 Å². The van der Waals surface area contributed by atoms with Gasteiger partial charge in [-0.2, -0.15) is 0 Å². The van der Waals surface area contributed by atoms with Gasteiger partial charge in [0.1, 0.15) is 5.82 Å². The molecule has 1 saturated heterocycles. The number of hydrogen-bond donors (Lipinski definition) is 1. The first kappa shape index (κ1) is 27.3. The van der Waals surface area contributed by atoms with Gasteiger partial charge in [0.05, 0.1) is 17.2 Å². The fourth-order valence-electron chi connectivity index (χ4n) is 3.91. The highest BCUT2D eigenvalue weighted by Gasteiger charge is 2.34. The van der Waals surface area contributed by atoms with Crippen LogP contribution < -0.4 is 5.32 Å². The number of aromatic nitrogens is 4. The predicted octanol–water partition coefficient (Wildman–Crippen LogP) is 4.47. The van der Waals surface area contributed by atoms with Gasteiger partial charge in [-0.15, -0.1) is 10.2 Å². The van der Waals surface area contributed by atoms with E-state index in [-0.39, 0.29) is 35.8 Å². The summed E-state index contributed by atoms with van der Waals surface area (Å²) in [5.41, 5.74) is 2.45. The van der Waals surface area contributed by atoms with Gasteiger partial charge >= 0.3 is 0 Å². The van der Waals surface area contributed by atoms with Crippen molar-refractivity contribution in [2.45, 2.75) is 11.7 Å². The number of pyridine rings is 1. The number of benzene rings is 2. The molecule has 0 bridgehead atoms. The maximum Gasteiger partial charge on any atom is 0.293 e. The number of imide groups is 1. The van der Waals surface area contributed by atoms with Crippen molar-refractivity contribution in [1.29, 1.82) is 0 Å². The minimum absolute atomic E-state index is 0.0547. The molecule has 12 heteroatoms. The number of nitrogens with zero attached hydrogens (tertiary/aromatic N) is 5. The summed E-state index contributed by atoms with van der Waals surface area (Å²) in [6.07, 6.45) is 4.86. The maximum absolute atomic E-state index is 13.5. The van der Waals surface area contributed by atoms with Crippen molar-refractivity contribution in [3.05, 3.63) is 101 Å². The molecule has 1 aliphatic heterocycles. The number of hydrogen-bond acceptors (Lipinski definition) is 8. The SMILES string of the molecule is O=C(CSc1nnc(-c2ccc(F)cc2)n1Cc1ccccc1)NCCN1C(=O)S/C(=C/c2cccnc2)C1=O. The topological polar surface area (TPSA) is 110 Å². The zero-order valence-corrected chi connectivity index (χ0v) is 22.7. The van der Waals surface area contributed by atoms with E-state index in [1.807, 2.05) is 34.9 Å². The van der Waals surface area contributed by atoms with Gasteiger partial charge in [-0.3, -0.25) is 28.8 Å². The van der Waals surface area contributed by atoms with Crippen LogP contribution in [0.2, 0.25) is 0 Å². The van der Waals surface area contributed by atoms with Crippen LogP contribution in [0.25, 0.3) is 17.5 Å². The molecule has 4 aromatic rings. The number of carbonyl (C=O) groups excluding carboxylic acids is 3. The number of halogens is 1. The first-order valence-corrected chi connectivity index (χ1v) is 14.1. The molecule has 1 N–H and O–H groups in total. The Morgan fingerprint density at radius 2 is 1.82 bits per heavy atom. The Hall–Kier alpha value is -4.29. The van der Waals surface area contributed by atoms with Gasteiger partial charge in [0.15, 0.2) is 11.0 Å². The molecule has 5 rings (SSSR count). The molecule has 202 valence electrons. The summed E-state index contributed by atoms with van der Waals surface area (Å²) in [5, 5.41) is 11.5. The molecule has 9 nitrogen and oxygen atoms in total. The van der Waals surface area contributed by atoms with Crippen molar-refractivity contribution in [1.82, 2.24) is 30.0 Å². The van der Waals surface area contributed by atoms with E-state index in [9.17, 15) is 18.8 Å². The zero-order valence-electron chi connectivity index (χ0n) is 21.1. The number of rotatable bonds is 10. The molecule has 40 heavy (non-hydrogen) atoms. The lowest BCUT2D eigenvalue weighted by molar-refractivity contribution is -0.123. The van der Waals surface area contributed by atoms with Crippen molar-refractivity contribution >= 4 is 46.7 Å². The molecule has 1 fully saturated rings. The second-order valence-electron chi connectivity index (χ2n) is 8.64. The molecule has 0 saturated carbocycles. The highest BCUT2D eigenvalue weighted by atomic mass is 32.2. The van der Waals surface area contributed by atoms with E-state index in [0.717, 1.165) is 27.8 Å². The lowest BCUT2D eigenvalue weighted by Crippen LogP contribution is -2.37. The third kappa shape index (κ3) is 6.64. The van der Waals surface area contributed by atoms with Gasteiger partial charge in [0, 0.05) is 31.0 Å². The van der Waals surface area contributed by atoms with Crippen LogP contribution in [0.4, 0.5) is 9.18 Å². The summed E-state index contributed by atoms with van der Waals surface area (Å²) in [5.74, 6) is -0.407. The third-order valence-corrected chi connectivity index (χ3v) is 7.72. The molecule has 3 heterocycles. The number of nitrogens with one attached hydrogen (secondary N) is 1. The number of thioether (sulfide) groups is 2. The Labute approximate surface area is 237 Å². The van der Waals surface area contributed by atoms with E-state index in [1.54, 1.807) is 42.7 Å². The lowest BCUT2D eigenvalue weighted by Gasteiger charge is -2.13. The first-order valence-electron chi connectivity index (χ1n) is 12.3. The third-order valence-electron chi connectivity index (χ3n) is 5.85. The van der Waals surface area contributed by atoms with Crippen molar-refractivity contribution in [3.63, 3.8) is 0 Å². The first-order chi connectivity index (χ1) is 19.5. The van der Waals surface area contributed by atoms with Crippen LogP contribution in [-0.4, -0.2) is 60.5 Å². The molecular weight excluding hydrogens is 551 g/mol. The van der Waals surface area contributed by atoms with Crippen LogP contribution >= 0.6 is 23.5 Å². The minimum Gasteiger partial charge on any atom is -0.354 e. The van der Waals surface area contributed by atoms with Gasteiger partial charge in [-0.05, 0) is 59.3 Å². The van der Waals surface area contributed by atoms with Gasteiger partial charge in [0.25, 0.3) is 11.1 Å². The Morgan fingerprint density at radius 1 is 1.02 bits per heavy atom. The highest BCUT2D eigenvalue weighted by molar-refractivity contribution is 8.18.